The summed E-state index contributed by atoms with van der Waals surface area (Å²) in [5.74, 6) is 0. The lowest BCUT2D eigenvalue weighted by molar-refractivity contribution is 0.220. The molecule has 0 bridgehead atoms. The van der Waals surface area contributed by atoms with Crippen molar-refractivity contribution in [1.82, 2.24) is 0 Å². The molecule has 94 valence electrons. The normalized spacial score (nSPS) is 12.5. The van der Waals surface area contributed by atoms with Crippen LogP contribution in [-0.2, 0) is 0 Å². The Morgan fingerprint density at radius 1 is 0.789 bits per heavy atom. The van der Waals surface area contributed by atoms with Crippen molar-refractivity contribution in [2.45, 2.75) is 6.10 Å². The second kappa shape index (κ2) is 5.04. The molecular formula is C17H13ClO. The summed E-state index contributed by atoms with van der Waals surface area (Å²) in [6.07, 6.45) is -0.696. The molecule has 3 aromatic rings. The van der Waals surface area contributed by atoms with E-state index in [9.17, 15) is 5.11 Å². The number of benzene rings is 3. The van der Waals surface area contributed by atoms with Gasteiger partial charge in [-0.3, -0.25) is 0 Å². The molecule has 0 aliphatic rings. The maximum absolute atomic E-state index is 10.4. The van der Waals surface area contributed by atoms with Crippen LogP contribution in [-0.4, -0.2) is 5.11 Å². The fourth-order valence-corrected chi connectivity index (χ4v) is 2.49. The topological polar surface area (TPSA) is 20.2 Å². The lowest BCUT2D eigenvalue weighted by atomic mass is 9.98. The van der Waals surface area contributed by atoms with Crippen LogP contribution in [0.15, 0.2) is 66.7 Å². The number of hydrogen-bond donors (Lipinski definition) is 1. The fraction of sp³-hybridized carbons (Fsp3) is 0.0588. The molecule has 19 heavy (non-hydrogen) atoms. The maximum atomic E-state index is 10.4. The van der Waals surface area contributed by atoms with Gasteiger partial charge < -0.3 is 5.11 Å². The van der Waals surface area contributed by atoms with E-state index in [1.807, 2.05) is 54.6 Å². The van der Waals surface area contributed by atoms with E-state index in [0.717, 1.165) is 21.9 Å². The summed E-state index contributed by atoms with van der Waals surface area (Å²) in [5, 5.41) is 13.3. The fourth-order valence-electron chi connectivity index (χ4n) is 2.25. The molecule has 0 heterocycles. The molecule has 0 radical (unpaired) electrons. The minimum atomic E-state index is -0.696. The van der Waals surface area contributed by atoms with E-state index in [4.69, 9.17) is 11.6 Å². The van der Waals surface area contributed by atoms with Gasteiger partial charge in [0.2, 0.25) is 0 Å². The number of halogens is 1. The first-order chi connectivity index (χ1) is 9.25. The zero-order valence-electron chi connectivity index (χ0n) is 10.3. The van der Waals surface area contributed by atoms with Gasteiger partial charge in [0, 0.05) is 10.6 Å². The second-order valence-electron chi connectivity index (χ2n) is 4.53. The van der Waals surface area contributed by atoms with Crippen LogP contribution >= 0.6 is 11.6 Å². The van der Waals surface area contributed by atoms with Gasteiger partial charge in [-0.05, 0) is 28.5 Å². The van der Waals surface area contributed by atoms with Crippen LogP contribution in [0.3, 0.4) is 0 Å². The average Bonchev–Trinajstić information content (AvgIpc) is 2.46. The van der Waals surface area contributed by atoms with Crippen LogP contribution in [0, 0.1) is 0 Å². The van der Waals surface area contributed by atoms with Crippen molar-refractivity contribution in [2.24, 2.45) is 0 Å². The van der Waals surface area contributed by atoms with Crippen molar-refractivity contribution < 1.29 is 5.11 Å². The highest BCUT2D eigenvalue weighted by Crippen LogP contribution is 2.29. The van der Waals surface area contributed by atoms with Gasteiger partial charge >= 0.3 is 0 Å². The summed E-state index contributed by atoms with van der Waals surface area (Å²) in [6.45, 7) is 0. The van der Waals surface area contributed by atoms with Gasteiger partial charge in [0.05, 0.1) is 0 Å². The molecule has 0 spiro atoms. The third kappa shape index (κ3) is 2.35. The average molecular weight is 269 g/mol. The first kappa shape index (κ1) is 12.2. The molecule has 0 amide bonds. The molecule has 0 fully saturated rings. The Balaban J connectivity index is 2.07. The van der Waals surface area contributed by atoms with Gasteiger partial charge in [-0.1, -0.05) is 66.2 Å². The van der Waals surface area contributed by atoms with Gasteiger partial charge in [0.1, 0.15) is 6.10 Å². The van der Waals surface area contributed by atoms with Crippen LogP contribution < -0.4 is 0 Å². The summed E-state index contributed by atoms with van der Waals surface area (Å²) in [7, 11) is 0. The Bertz CT molecular complexity index is 721. The number of hydrogen-bond acceptors (Lipinski definition) is 1. The van der Waals surface area contributed by atoms with Gasteiger partial charge in [0.25, 0.3) is 0 Å². The molecule has 1 unspecified atom stereocenters. The molecule has 3 rings (SSSR count). The number of aliphatic hydroxyl groups excluding tert-OH is 1. The van der Waals surface area contributed by atoms with Gasteiger partial charge in [0.15, 0.2) is 0 Å². The number of rotatable bonds is 2. The zero-order chi connectivity index (χ0) is 13.2. The van der Waals surface area contributed by atoms with E-state index >= 15 is 0 Å². The van der Waals surface area contributed by atoms with Gasteiger partial charge in [-0.15, -0.1) is 0 Å². The smallest absolute Gasteiger partial charge is 0.106 e. The predicted molar refractivity (Wildman–Crippen MR) is 79.5 cm³/mol. The molecule has 1 atom stereocenters. The van der Waals surface area contributed by atoms with E-state index in [2.05, 4.69) is 6.07 Å². The molecule has 0 saturated heterocycles. The van der Waals surface area contributed by atoms with E-state index in [0.29, 0.717) is 5.02 Å². The molecule has 0 aliphatic carbocycles. The standard InChI is InChI=1S/C17H13ClO/c18-16-8-4-3-7-15(16)17(19)14-10-9-12-5-1-2-6-13(12)11-14/h1-11,17,19H. The molecule has 3 aromatic carbocycles. The SMILES string of the molecule is OC(c1ccc2ccccc2c1)c1ccccc1Cl. The summed E-state index contributed by atoms with van der Waals surface area (Å²) < 4.78 is 0. The second-order valence-corrected chi connectivity index (χ2v) is 4.94. The van der Waals surface area contributed by atoms with Crippen molar-refractivity contribution in [3.05, 3.63) is 82.9 Å². The summed E-state index contributed by atoms with van der Waals surface area (Å²) >= 11 is 6.13. The summed E-state index contributed by atoms with van der Waals surface area (Å²) in [5.41, 5.74) is 1.59. The van der Waals surface area contributed by atoms with E-state index in [1.54, 1.807) is 6.07 Å². The molecule has 0 saturated carbocycles. The van der Waals surface area contributed by atoms with Crippen LogP contribution in [0.5, 0.6) is 0 Å². The van der Waals surface area contributed by atoms with Crippen molar-refractivity contribution >= 4 is 22.4 Å². The third-order valence-electron chi connectivity index (χ3n) is 3.29. The van der Waals surface area contributed by atoms with Crippen molar-refractivity contribution in [3.63, 3.8) is 0 Å². The molecule has 2 heteroatoms. The first-order valence-electron chi connectivity index (χ1n) is 6.17. The van der Waals surface area contributed by atoms with Crippen molar-refractivity contribution in [1.29, 1.82) is 0 Å². The lowest BCUT2D eigenvalue weighted by Gasteiger charge is -2.13. The Morgan fingerprint density at radius 2 is 1.47 bits per heavy atom. The van der Waals surface area contributed by atoms with Crippen LogP contribution in [0.2, 0.25) is 5.02 Å². The number of aliphatic hydroxyl groups is 1. The highest BCUT2D eigenvalue weighted by molar-refractivity contribution is 6.31. The van der Waals surface area contributed by atoms with E-state index in [-0.39, 0.29) is 0 Å². The van der Waals surface area contributed by atoms with Gasteiger partial charge in [-0.2, -0.15) is 0 Å². The Hall–Kier alpha value is -1.83. The molecule has 1 N–H and O–H groups in total. The van der Waals surface area contributed by atoms with Crippen LogP contribution in [0.1, 0.15) is 17.2 Å². The Kier molecular flexibility index (Phi) is 3.24. The van der Waals surface area contributed by atoms with Crippen LogP contribution in [0.4, 0.5) is 0 Å². The monoisotopic (exact) mass is 268 g/mol. The maximum Gasteiger partial charge on any atom is 0.106 e. The van der Waals surface area contributed by atoms with E-state index < -0.39 is 6.10 Å². The third-order valence-corrected chi connectivity index (χ3v) is 3.63. The highest BCUT2D eigenvalue weighted by Gasteiger charge is 2.13. The quantitative estimate of drug-likeness (QED) is 0.722. The zero-order valence-corrected chi connectivity index (χ0v) is 11.0. The van der Waals surface area contributed by atoms with Crippen LogP contribution in [0.25, 0.3) is 10.8 Å². The molecular weight excluding hydrogens is 256 g/mol. The number of fused-ring (bicyclic) bond motifs is 1. The lowest BCUT2D eigenvalue weighted by Crippen LogP contribution is -2.00. The van der Waals surface area contributed by atoms with Gasteiger partial charge in [-0.25, -0.2) is 0 Å². The predicted octanol–water partition coefficient (Wildman–Crippen LogP) is 4.57. The Labute approximate surface area is 117 Å². The molecule has 0 aliphatic heterocycles. The summed E-state index contributed by atoms with van der Waals surface area (Å²) in [6, 6.07) is 21.4. The van der Waals surface area contributed by atoms with Crippen molar-refractivity contribution in [2.75, 3.05) is 0 Å². The largest absolute Gasteiger partial charge is 0.384 e. The highest BCUT2D eigenvalue weighted by atomic mass is 35.5. The van der Waals surface area contributed by atoms with E-state index in [1.165, 1.54) is 0 Å². The minimum absolute atomic E-state index is 0.586. The molecule has 0 aromatic heterocycles. The molecule has 1 nitrogen and oxygen atoms in total. The van der Waals surface area contributed by atoms with Crippen molar-refractivity contribution in [3.8, 4) is 0 Å². The summed E-state index contributed by atoms with van der Waals surface area (Å²) in [4.78, 5) is 0. The first-order valence-corrected chi connectivity index (χ1v) is 6.55. The minimum Gasteiger partial charge on any atom is -0.384 e. The Morgan fingerprint density at radius 3 is 2.26 bits per heavy atom.